The van der Waals surface area contributed by atoms with Crippen LogP contribution in [0.15, 0.2) is 53.4 Å². The number of sulfone groups is 1. The smallest absolute Gasteiger partial charge is 0.180 e. The van der Waals surface area contributed by atoms with Gasteiger partial charge in [0.05, 0.1) is 16.7 Å². The van der Waals surface area contributed by atoms with Crippen LogP contribution in [0.25, 0.3) is 0 Å². The Labute approximate surface area is 157 Å². The van der Waals surface area contributed by atoms with E-state index in [2.05, 4.69) is 31.3 Å². The van der Waals surface area contributed by atoms with Crippen molar-refractivity contribution in [3.05, 3.63) is 65.2 Å². The van der Waals surface area contributed by atoms with Gasteiger partial charge in [-0.25, -0.2) is 8.42 Å². The van der Waals surface area contributed by atoms with E-state index in [4.69, 9.17) is 0 Å². The number of hydrogen-bond donors (Lipinski definition) is 1. The van der Waals surface area contributed by atoms with E-state index in [1.165, 1.54) is 0 Å². The Kier molecular flexibility index (Phi) is 5.54. The lowest BCUT2D eigenvalue weighted by Crippen LogP contribution is -2.50. The van der Waals surface area contributed by atoms with Gasteiger partial charge < -0.3 is 0 Å². The van der Waals surface area contributed by atoms with Crippen molar-refractivity contribution in [1.29, 1.82) is 0 Å². The number of hydrogen-bond acceptors (Lipinski definition) is 3. The van der Waals surface area contributed by atoms with Crippen molar-refractivity contribution in [2.75, 3.05) is 5.75 Å². The molecule has 0 fully saturated rings. The minimum atomic E-state index is -3.35. The summed E-state index contributed by atoms with van der Waals surface area (Å²) >= 11 is 0. The van der Waals surface area contributed by atoms with E-state index in [0.717, 1.165) is 42.4 Å². The molecule has 2 aromatic rings. The van der Waals surface area contributed by atoms with Crippen LogP contribution >= 0.6 is 0 Å². The zero-order chi connectivity index (χ0) is 18.8. The summed E-state index contributed by atoms with van der Waals surface area (Å²) in [6, 6.07) is 15.8. The van der Waals surface area contributed by atoms with E-state index >= 15 is 0 Å². The Hall–Kier alpha value is -1.65. The molecule has 2 unspecified atom stereocenters. The predicted octanol–water partition coefficient (Wildman–Crippen LogP) is 4.80. The number of aryl methyl sites for hydroxylation is 1. The minimum absolute atomic E-state index is 0.111. The first kappa shape index (κ1) is 19.1. The molecule has 0 saturated carbocycles. The molecule has 0 radical (unpaired) electrons. The fraction of sp³-hybridized carbons (Fsp3) is 0.455. The van der Waals surface area contributed by atoms with Crippen LogP contribution in [0.1, 0.15) is 62.3 Å². The highest BCUT2D eigenvalue weighted by atomic mass is 32.2. The van der Waals surface area contributed by atoms with Crippen LogP contribution in [-0.4, -0.2) is 19.7 Å². The molecule has 1 N–H and O–H groups in total. The molecule has 26 heavy (non-hydrogen) atoms. The maximum absolute atomic E-state index is 13.3. The summed E-state index contributed by atoms with van der Waals surface area (Å²) in [5, 5.41) is 3.79. The molecular weight excluding hydrogens is 342 g/mol. The largest absolute Gasteiger partial charge is 0.300 e. The molecule has 2 aromatic carbocycles. The van der Waals surface area contributed by atoms with Gasteiger partial charge in [-0.3, -0.25) is 5.32 Å². The van der Waals surface area contributed by atoms with Gasteiger partial charge in [0.25, 0.3) is 0 Å². The lowest BCUT2D eigenvalue weighted by molar-refractivity contribution is 0.295. The highest BCUT2D eigenvalue weighted by molar-refractivity contribution is 7.91. The Morgan fingerprint density at radius 2 is 1.85 bits per heavy atom. The molecule has 1 heterocycles. The zero-order valence-corrected chi connectivity index (χ0v) is 16.8. The van der Waals surface area contributed by atoms with Crippen LogP contribution in [0, 0.1) is 6.92 Å². The molecule has 1 aliphatic rings. The van der Waals surface area contributed by atoms with Crippen LogP contribution in [0.5, 0.6) is 0 Å². The van der Waals surface area contributed by atoms with Gasteiger partial charge in [0.2, 0.25) is 0 Å². The summed E-state index contributed by atoms with van der Waals surface area (Å²) in [4.78, 5) is 0.483. The van der Waals surface area contributed by atoms with E-state index in [9.17, 15) is 8.42 Å². The van der Waals surface area contributed by atoms with Crippen molar-refractivity contribution in [2.24, 2.45) is 0 Å². The van der Waals surface area contributed by atoms with Gasteiger partial charge in [-0.1, -0.05) is 74.7 Å². The first-order valence-corrected chi connectivity index (χ1v) is 11.2. The number of benzene rings is 2. The van der Waals surface area contributed by atoms with Gasteiger partial charge >= 0.3 is 0 Å². The molecule has 3 rings (SSSR count). The SMILES string of the molecule is CCCCC1(CC)CS(=O)(=O)c2ccc(C)cc2C(c2ccccc2)N1. The topological polar surface area (TPSA) is 46.2 Å². The summed E-state index contributed by atoms with van der Waals surface area (Å²) in [5.74, 6) is 0.163. The molecule has 1 aliphatic heterocycles. The molecule has 3 nitrogen and oxygen atoms in total. The molecule has 0 saturated heterocycles. The van der Waals surface area contributed by atoms with Crippen LogP contribution in [0.3, 0.4) is 0 Å². The summed E-state index contributed by atoms with van der Waals surface area (Å²) in [6.07, 6.45) is 3.75. The van der Waals surface area contributed by atoms with E-state index < -0.39 is 15.4 Å². The first-order valence-electron chi connectivity index (χ1n) is 9.57. The summed E-state index contributed by atoms with van der Waals surface area (Å²) in [7, 11) is -3.35. The number of nitrogens with one attached hydrogen (secondary N) is 1. The molecule has 0 aromatic heterocycles. The van der Waals surface area contributed by atoms with Gasteiger partial charge in [-0.2, -0.15) is 0 Å². The standard InChI is InChI=1S/C22H29NO2S/c1-4-6-14-22(5-2)16-26(24,25)20-13-12-17(3)15-19(20)21(23-22)18-10-8-7-9-11-18/h7-13,15,21,23H,4-6,14,16H2,1-3H3. The maximum atomic E-state index is 13.3. The zero-order valence-electron chi connectivity index (χ0n) is 16.0. The Morgan fingerprint density at radius 3 is 2.50 bits per heavy atom. The van der Waals surface area contributed by atoms with Crippen molar-refractivity contribution in [3.63, 3.8) is 0 Å². The molecule has 4 heteroatoms. The van der Waals surface area contributed by atoms with Crippen molar-refractivity contribution in [2.45, 2.75) is 62.9 Å². The van der Waals surface area contributed by atoms with Crippen LogP contribution in [0.2, 0.25) is 0 Å². The van der Waals surface area contributed by atoms with E-state index in [1.807, 2.05) is 37.3 Å². The third-order valence-electron chi connectivity index (χ3n) is 5.55. The third kappa shape index (κ3) is 3.72. The summed E-state index contributed by atoms with van der Waals surface area (Å²) < 4.78 is 26.6. The minimum Gasteiger partial charge on any atom is -0.300 e. The van der Waals surface area contributed by atoms with Gasteiger partial charge in [0.1, 0.15) is 0 Å². The second-order valence-electron chi connectivity index (χ2n) is 7.53. The highest BCUT2D eigenvalue weighted by Gasteiger charge is 2.41. The van der Waals surface area contributed by atoms with Crippen molar-refractivity contribution in [1.82, 2.24) is 5.32 Å². The summed E-state index contributed by atoms with van der Waals surface area (Å²) in [6.45, 7) is 6.27. The molecule has 0 bridgehead atoms. The Bertz CT molecular complexity index is 861. The molecule has 0 spiro atoms. The molecular formula is C22H29NO2S. The first-order chi connectivity index (χ1) is 12.4. The Morgan fingerprint density at radius 1 is 1.12 bits per heavy atom. The predicted molar refractivity (Wildman–Crippen MR) is 107 cm³/mol. The molecule has 0 aliphatic carbocycles. The van der Waals surface area contributed by atoms with Crippen molar-refractivity contribution >= 4 is 9.84 Å². The second kappa shape index (κ2) is 7.53. The second-order valence-corrected chi connectivity index (χ2v) is 9.48. The van der Waals surface area contributed by atoms with E-state index in [1.54, 1.807) is 6.07 Å². The number of unbranched alkanes of at least 4 members (excludes halogenated alkanes) is 1. The summed E-state index contributed by atoms with van der Waals surface area (Å²) in [5.41, 5.74) is 2.68. The van der Waals surface area contributed by atoms with Gasteiger partial charge in [-0.15, -0.1) is 0 Å². The van der Waals surface area contributed by atoms with Gasteiger partial charge in [0, 0.05) is 5.54 Å². The molecule has 0 amide bonds. The third-order valence-corrected chi connectivity index (χ3v) is 7.52. The monoisotopic (exact) mass is 371 g/mol. The lowest BCUT2D eigenvalue weighted by atomic mass is 9.88. The normalized spacial score (nSPS) is 24.7. The van der Waals surface area contributed by atoms with Crippen LogP contribution in [0.4, 0.5) is 0 Å². The lowest BCUT2D eigenvalue weighted by Gasteiger charge is -2.36. The average Bonchev–Trinajstić information content (AvgIpc) is 2.73. The molecule has 140 valence electrons. The van der Waals surface area contributed by atoms with Crippen molar-refractivity contribution < 1.29 is 8.42 Å². The van der Waals surface area contributed by atoms with Crippen molar-refractivity contribution in [3.8, 4) is 0 Å². The highest BCUT2D eigenvalue weighted by Crippen LogP contribution is 2.38. The average molecular weight is 372 g/mol. The number of fused-ring (bicyclic) bond motifs is 1. The van der Waals surface area contributed by atoms with E-state index in [-0.39, 0.29) is 11.8 Å². The fourth-order valence-corrected chi connectivity index (χ4v) is 6.12. The number of rotatable bonds is 5. The maximum Gasteiger partial charge on any atom is 0.180 e. The Balaban J connectivity index is 2.21. The fourth-order valence-electron chi connectivity index (χ4n) is 3.99. The van der Waals surface area contributed by atoms with Gasteiger partial charge in [-0.05, 0) is 37.0 Å². The van der Waals surface area contributed by atoms with Crippen LogP contribution in [-0.2, 0) is 9.84 Å². The van der Waals surface area contributed by atoms with Gasteiger partial charge in [0.15, 0.2) is 9.84 Å². The quantitative estimate of drug-likeness (QED) is 0.821. The van der Waals surface area contributed by atoms with E-state index in [0.29, 0.717) is 4.90 Å². The van der Waals surface area contributed by atoms with Crippen LogP contribution < -0.4 is 5.32 Å². The molecule has 2 atom stereocenters.